The topological polar surface area (TPSA) is 88.9 Å². The second-order valence-corrected chi connectivity index (χ2v) is 8.53. The van der Waals surface area contributed by atoms with Crippen LogP contribution in [0, 0.1) is 0 Å². The van der Waals surface area contributed by atoms with Crippen molar-refractivity contribution in [1.82, 2.24) is 13.8 Å². The van der Waals surface area contributed by atoms with E-state index in [0.29, 0.717) is 5.69 Å². The van der Waals surface area contributed by atoms with Crippen LogP contribution in [0.4, 0.5) is 0 Å². The number of aromatic nitrogens is 1. The number of carbonyl (C=O) groups is 2. The lowest BCUT2D eigenvalue weighted by Gasteiger charge is -2.35. The molecule has 1 amide bonds. The quantitative estimate of drug-likeness (QED) is 0.695. The standard InChI is InChI=1S/C19H23N3O5S/c1-15(27-19(24)17-9-6-10-20(17)2)18(23)21-11-13-22(14-12-21)28(25,26)16-7-4-3-5-8-16/h3-10,15H,11-14H2,1-2H3/t15-/m0/s1. The minimum absolute atomic E-state index is 0.196. The normalized spacial score (nSPS) is 16.6. The van der Waals surface area contributed by atoms with Crippen molar-refractivity contribution in [2.24, 2.45) is 7.05 Å². The molecular weight excluding hydrogens is 382 g/mol. The average molecular weight is 405 g/mol. The number of carbonyl (C=O) groups excluding carboxylic acids is 2. The number of ether oxygens (including phenoxy) is 1. The zero-order valence-electron chi connectivity index (χ0n) is 15.8. The van der Waals surface area contributed by atoms with Gasteiger partial charge in [0.25, 0.3) is 5.91 Å². The number of nitrogens with zero attached hydrogens (tertiary/aromatic N) is 3. The Kier molecular flexibility index (Phi) is 5.85. The second-order valence-electron chi connectivity index (χ2n) is 6.59. The molecule has 0 unspecified atom stereocenters. The SMILES string of the molecule is C[C@H](OC(=O)c1cccn1C)C(=O)N1CCN(S(=O)(=O)c2ccccc2)CC1. The molecule has 2 heterocycles. The van der Waals surface area contributed by atoms with Crippen LogP contribution < -0.4 is 0 Å². The van der Waals surface area contributed by atoms with Crippen molar-refractivity contribution in [1.29, 1.82) is 0 Å². The molecule has 1 aliphatic rings. The van der Waals surface area contributed by atoms with Crippen molar-refractivity contribution in [2.45, 2.75) is 17.9 Å². The van der Waals surface area contributed by atoms with Gasteiger partial charge >= 0.3 is 5.97 Å². The van der Waals surface area contributed by atoms with E-state index in [-0.39, 0.29) is 37.0 Å². The molecular formula is C19H23N3O5S. The zero-order chi connectivity index (χ0) is 20.3. The summed E-state index contributed by atoms with van der Waals surface area (Å²) < 4.78 is 33.6. The molecule has 1 atom stereocenters. The number of hydrogen-bond donors (Lipinski definition) is 0. The van der Waals surface area contributed by atoms with Crippen LogP contribution in [-0.2, 0) is 26.6 Å². The van der Waals surface area contributed by atoms with Crippen LogP contribution in [0.3, 0.4) is 0 Å². The van der Waals surface area contributed by atoms with E-state index < -0.39 is 22.1 Å². The van der Waals surface area contributed by atoms with Gasteiger partial charge in [-0.2, -0.15) is 4.31 Å². The first-order valence-corrected chi connectivity index (χ1v) is 10.4. The molecule has 1 saturated heterocycles. The van der Waals surface area contributed by atoms with E-state index >= 15 is 0 Å². The largest absolute Gasteiger partial charge is 0.448 e. The van der Waals surface area contributed by atoms with Crippen LogP contribution in [0.2, 0.25) is 0 Å². The number of benzene rings is 1. The van der Waals surface area contributed by atoms with Gasteiger partial charge in [0, 0.05) is 39.4 Å². The fourth-order valence-corrected chi connectivity index (χ4v) is 4.54. The minimum atomic E-state index is -3.58. The summed E-state index contributed by atoms with van der Waals surface area (Å²) in [5, 5.41) is 0. The van der Waals surface area contributed by atoms with Gasteiger partial charge in [-0.05, 0) is 31.2 Å². The van der Waals surface area contributed by atoms with E-state index in [2.05, 4.69) is 0 Å². The molecule has 1 aromatic carbocycles. The molecule has 1 aliphatic heterocycles. The Morgan fingerprint density at radius 2 is 1.64 bits per heavy atom. The number of piperazine rings is 1. The van der Waals surface area contributed by atoms with Gasteiger partial charge in [0.05, 0.1) is 4.90 Å². The summed E-state index contributed by atoms with van der Waals surface area (Å²) in [6.07, 6.45) is 0.773. The maximum atomic E-state index is 12.7. The predicted octanol–water partition coefficient (Wildman–Crippen LogP) is 1.10. The number of aryl methyl sites for hydroxylation is 1. The number of sulfonamides is 1. The van der Waals surface area contributed by atoms with E-state index in [1.165, 1.54) is 16.1 Å². The number of rotatable bonds is 5. The van der Waals surface area contributed by atoms with Crippen molar-refractivity contribution < 1.29 is 22.7 Å². The van der Waals surface area contributed by atoms with Crippen LogP contribution >= 0.6 is 0 Å². The van der Waals surface area contributed by atoms with Gasteiger partial charge in [0.15, 0.2) is 6.10 Å². The fourth-order valence-electron chi connectivity index (χ4n) is 3.09. The van der Waals surface area contributed by atoms with Gasteiger partial charge in [-0.25, -0.2) is 13.2 Å². The summed E-state index contributed by atoms with van der Waals surface area (Å²) >= 11 is 0. The fraction of sp³-hybridized carbons (Fsp3) is 0.368. The Balaban J connectivity index is 1.58. The minimum Gasteiger partial charge on any atom is -0.448 e. The molecule has 8 nitrogen and oxygen atoms in total. The van der Waals surface area contributed by atoms with Crippen LogP contribution in [0.5, 0.6) is 0 Å². The lowest BCUT2D eigenvalue weighted by Crippen LogP contribution is -2.52. The molecule has 0 spiro atoms. The zero-order valence-corrected chi connectivity index (χ0v) is 16.6. The molecule has 1 aromatic heterocycles. The Hall–Kier alpha value is -2.65. The molecule has 0 bridgehead atoms. The number of esters is 1. The van der Waals surface area contributed by atoms with Gasteiger partial charge < -0.3 is 14.2 Å². The molecule has 28 heavy (non-hydrogen) atoms. The summed E-state index contributed by atoms with van der Waals surface area (Å²) in [5.41, 5.74) is 0.360. The Morgan fingerprint density at radius 3 is 2.21 bits per heavy atom. The van der Waals surface area contributed by atoms with Crippen LogP contribution in [0.15, 0.2) is 53.6 Å². The Morgan fingerprint density at radius 1 is 1.00 bits per heavy atom. The van der Waals surface area contributed by atoms with E-state index in [0.717, 1.165) is 0 Å². The third-order valence-electron chi connectivity index (χ3n) is 4.72. The maximum Gasteiger partial charge on any atom is 0.355 e. The van der Waals surface area contributed by atoms with Crippen molar-refractivity contribution in [3.63, 3.8) is 0 Å². The van der Waals surface area contributed by atoms with Crippen molar-refractivity contribution in [3.8, 4) is 0 Å². The van der Waals surface area contributed by atoms with Crippen molar-refractivity contribution in [2.75, 3.05) is 26.2 Å². The molecule has 3 rings (SSSR count). The number of hydrogen-bond acceptors (Lipinski definition) is 5. The highest BCUT2D eigenvalue weighted by molar-refractivity contribution is 7.89. The monoisotopic (exact) mass is 405 g/mol. The number of amides is 1. The van der Waals surface area contributed by atoms with Gasteiger partial charge in [0.2, 0.25) is 10.0 Å². The first-order valence-electron chi connectivity index (χ1n) is 8.97. The third kappa shape index (κ3) is 4.10. The lowest BCUT2D eigenvalue weighted by molar-refractivity contribution is -0.141. The van der Waals surface area contributed by atoms with Gasteiger partial charge in [-0.15, -0.1) is 0 Å². The van der Waals surface area contributed by atoms with Gasteiger partial charge in [-0.3, -0.25) is 4.79 Å². The molecule has 0 saturated carbocycles. The van der Waals surface area contributed by atoms with Gasteiger partial charge in [-0.1, -0.05) is 18.2 Å². The molecule has 150 valence electrons. The van der Waals surface area contributed by atoms with Crippen LogP contribution in [0.1, 0.15) is 17.4 Å². The van der Waals surface area contributed by atoms with E-state index in [1.54, 1.807) is 60.3 Å². The van der Waals surface area contributed by atoms with E-state index in [9.17, 15) is 18.0 Å². The summed E-state index contributed by atoms with van der Waals surface area (Å²) in [7, 11) is -1.86. The summed E-state index contributed by atoms with van der Waals surface area (Å²) in [4.78, 5) is 26.5. The summed E-state index contributed by atoms with van der Waals surface area (Å²) in [6, 6.07) is 11.6. The molecule has 0 aliphatic carbocycles. The van der Waals surface area contributed by atoms with E-state index in [4.69, 9.17) is 4.74 Å². The highest BCUT2D eigenvalue weighted by Gasteiger charge is 2.32. The Labute approximate surface area is 164 Å². The van der Waals surface area contributed by atoms with Gasteiger partial charge in [0.1, 0.15) is 5.69 Å². The molecule has 0 radical (unpaired) electrons. The molecule has 0 N–H and O–H groups in total. The third-order valence-corrected chi connectivity index (χ3v) is 6.63. The highest BCUT2D eigenvalue weighted by Crippen LogP contribution is 2.18. The van der Waals surface area contributed by atoms with E-state index in [1.807, 2.05) is 0 Å². The van der Waals surface area contributed by atoms with Crippen LogP contribution in [0.25, 0.3) is 0 Å². The Bertz CT molecular complexity index is 947. The maximum absolute atomic E-state index is 12.7. The average Bonchev–Trinajstić information content (AvgIpc) is 3.14. The predicted molar refractivity (Wildman–Crippen MR) is 102 cm³/mol. The van der Waals surface area contributed by atoms with Crippen LogP contribution in [-0.4, -0.2) is 66.3 Å². The molecule has 2 aromatic rings. The lowest BCUT2D eigenvalue weighted by atomic mass is 10.3. The molecule has 9 heteroatoms. The molecule has 1 fully saturated rings. The summed E-state index contributed by atoms with van der Waals surface area (Å²) in [6.45, 7) is 2.41. The van der Waals surface area contributed by atoms with Crippen molar-refractivity contribution >= 4 is 21.9 Å². The summed E-state index contributed by atoms with van der Waals surface area (Å²) in [5.74, 6) is -0.905. The second kappa shape index (κ2) is 8.15. The smallest absolute Gasteiger partial charge is 0.355 e. The first kappa shape index (κ1) is 20.1. The first-order chi connectivity index (χ1) is 13.3. The van der Waals surface area contributed by atoms with Crippen molar-refractivity contribution in [3.05, 3.63) is 54.4 Å². The highest BCUT2D eigenvalue weighted by atomic mass is 32.2.